The molecule has 0 aliphatic heterocycles. The zero-order valence-electron chi connectivity index (χ0n) is 24.4. The predicted molar refractivity (Wildman–Crippen MR) is 151 cm³/mol. The van der Waals surface area contributed by atoms with E-state index in [4.69, 9.17) is 9.47 Å². The molecular weight excluding hydrogens is 552 g/mol. The van der Waals surface area contributed by atoms with Crippen LogP contribution in [-0.4, -0.2) is 69.5 Å². The van der Waals surface area contributed by atoms with Crippen LogP contribution in [0.2, 0.25) is 0 Å². The lowest BCUT2D eigenvalue weighted by Crippen LogP contribution is -2.29. The molecule has 0 aliphatic carbocycles. The quantitative estimate of drug-likeness (QED) is 0.0863. The maximum Gasteiger partial charge on any atom is 0.339 e. The van der Waals surface area contributed by atoms with E-state index in [1.54, 1.807) is 0 Å². The molecule has 0 radical (unpaired) electrons. The summed E-state index contributed by atoms with van der Waals surface area (Å²) in [7, 11) is 0. The molecule has 0 fully saturated rings. The monoisotopic (exact) mass is 594 g/mol. The SMILES string of the molecule is CCCCCCCCCCOC(=O)c1c(C(=O)O)c(C(=O)O)c(C(=O)O)c(C(=O)O)c1C(=O)OCCCCCCCC. The molecule has 4 N–H and O–H groups in total. The summed E-state index contributed by atoms with van der Waals surface area (Å²) in [6.07, 6.45) is 12.2. The van der Waals surface area contributed by atoms with Crippen LogP contribution >= 0.6 is 0 Å². The van der Waals surface area contributed by atoms with Gasteiger partial charge in [0.05, 0.1) is 46.6 Å². The van der Waals surface area contributed by atoms with E-state index in [1.165, 1.54) is 0 Å². The number of carboxylic acid groups (broad SMARTS) is 4. The average Bonchev–Trinajstić information content (AvgIpc) is 2.93. The first-order valence-corrected chi connectivity index (χ1v) is 14.5. The van der Waals surface area contributed by atoms with Crippen molar-refractivity contribution in [3.8, 4) is 0 Å². The zero-order chi connectivity index (χ0) is 31.7. The van der Waals surface area contributed by atoms with Crippen molar-refractivity contribution >= 4 is 35.8 Å². The maximum atomic E-state index is 13.2. The van der Waals surface area contributed by atoms with E-state index in [-0.39, 0.29) is 13.2 Å². The Kier molecular flexibility index (Phi) is 16.5. The van der Waals surface area contributed by atoms with Crippen LogP contribution in [0.25, 0.3) is 0 Å². The number of benzene rings is 1. The van der Waals surface area contributed by atoms with Crippen LogP contribution in [0.1, 0.15) is 166 Å². The van der Waals surface area contributed by atoms with Crippen LogP contribution in [0.4, 0.5) is 0 Å². The Morgan fingerprint density at radius 2 is 0.643 bits per heavy atom. The van der Waals surface area contributed by atoms with Gasteiger partial charge < -0.3 is 29.9 Å². The summed E-state index contributed by atoms with van der Waals surface area (Å²) < 4.78 is 10.3. The smallest absolute Gasteiger partial charge is 0.339 e. The van der Waals surface area contributed by atoms with Gasteiger partial charge in [0.2, 0.25) is 0 Å². The molecule has 0 aliphatic rings. The highest BCUT2D eigenvalue weighted by molar-refractivity contribution is 6.23. The second kappa shape index (κ2) is 19.2. The van der Waals surface area contributed by atoms with Crippen molar-refractivity contribution in [2.24, 2.45) is 0 Å². The van der Waals surface area contributed by atoms with Crippen molar-refractivity contribution in [3.63, 3.8) is 0 Å². The number of esters is 2. The minimum absolute atomic E-state index is 0.218. The molecule has 1 aromatic carbocycles. The molecule has 0 atom stereocenters. The van der Waals surface area contributed by atoms with Crippen LogP contribution in [0.15, 0.2) is 0 Å². The molecule has 12 heteroatoms. The lowest BCUT2D eigenvalue weighted by atomic mass is 9.86. The van der Waals surface area contributed by atoms with Gasteiger partial charge in [0.1, 0.15) is 0 Å². The number of hydrogen-bond donors (Lipinski definition) is 4. The Hall–Kier alpha value is -3.96. The highest BCUT2D eigenvalue weighted by atomic mass is 16.5. The summed E-state index contributed by atoms with van der Waals surface area (Å²) in [6.45, 7) is 3.72. The molecule has 1 rings (SSSR count). The van der Waals surface area contributed by atoms with Gasteiger partial charge >= 0.3 is 35.8 Å². The van der Waals surface area contributed by atoms with Crippen molar-refractivity contribution in [1.82, 2.24) is 0 Å². The highest BCUT2D eigenvalue weighted by Crippen LogP contribution is 2.31. The average molecular weight is 595 g/mol. The van der Waals surface area contributed by atoms with E-state index in [9.17, 15) is 49.2 Å². The first-order valence-electron chi connectivity index (χ1n) is 14.5. The van der Waals surface area contributed by atoms with Gasteiger partial charge in [-0.3, -0.25) is 0 Å². The van der Waals surface area contributed by atoms with Crippen molar-refractivity contribution in [2.45, 2.75) is 104 Å². The molecule has 0 saturated carbocycles. The van der Waals surface area contributed by atoms with Crippen LogP contribution in [0.3, 0.4) is 0 Å². The van der Waals surface area contributed by atoms with Gasteiger partial charge in [-0.2, -0.15) is 0 Å². The van der Waals surface area contributed by atoms with Crippen molar-refractivity contribution in [3.05, 3.63) is 33.4 Å². The summed E-state index contributed by atoms with van der Waals surface area (Å²) in [5.41, 5.74) is -7.99. The van der Waals surface area contributed by atoms with E-state index < -0.39 is 69.2 Å². The molecule has 0 aromatic heterocycles. The number of ether oxygens (including phenoxy) is 2. The van der Waals surface area contributed by atoms with Crippen LogP contribution in [0.5, 0.6) is 0 Å². The minimum atomic E-state index is -2.11. The molecule has 0 amide bonds. The lowest BCUT2D eigenvalue weighted by molar-refractivity contribution is 0.0438. The van der Waals surface area contributed by atoms with E-state index in [0.29, 0.717) is 25.7 Å². The molecule has 1 aromatic rings. The molecule has 234 valence electrons. The third kappa shape index (κ3) is 10.8. The molecule has 42 heavy (non-hydrogen) atoms. The predicted octanol–water partition coefficient (Wildman–Crippen LogP) is 6.29. The van der Waals surface area contributed by atoms with Gasteiger partial charge in [-0.05, 0) is 12.8 Å². The number of aromatic carboxylic acids is 4. The third-order valence-electron chi connectivity index (χ3n) is 6.73. The maximum absolute atomic E-state index is 13.2. The Bertz CT molecular complexity index is 1120. The number of carbonyl (C=O) groups is 6. The summed E-state index contributed by atoms with van der Waals surface area (Å²) >= 11 is 0. The van der Waals surface area contributed by atoms with Gasteiger partial charge in [0.25, 0.3) is 0 Å². The second-order valence-corrected chi connectivity index (χ2v) is 9.99. The second-order valence-electron chi connectivity index (χ2n) is 9.99. The Balaban J connectivity index is 3.44. The van der Waals surface area contributed by atoms with E-state index >= 15 is 0 Å². The fraction of sp³-hybridized carbons (Fsp3) is 0.600. The van der Waals surface area contributed by atoms with Crippen LogP contribution in [-0.2, 0) is 9.47 Å². The number of carboxylic acids is 4. The number of hydrogen-bond acceptors (Lipinski definition) is 8. The summed E-state index contributed by atoms with van der Waals surface area (Å²) in [5.74, 6) is -11.3. The number of unbranched alkanes of at least 4 members (excludes halogenated alkanes) is 12. The van der Waals surface area contributed by atoms with Gasteiger partial charge in [-0.1, -0.05) is 90.9 Å². The third-order valence-corrected chi connectivity index (χ3v) is 6.73. The van der Waals surface area contributed by atoms with Gasteiger partial charge in [-0.15, -0.1) is 0 Å². The molecule has 0 unspecified atom stereocenters. The first kappa shape index (κ1) is 36.1. The standard InChI is InChI=1S/C30H42O12/c1-3-5-7-9-11-12-14-16-18-42-30(40)24-22(28(37)38)20(26(33)34)19(25(31)32)21(27(35)36)23(24)29(39)41-17-15-13-10-8-6-4-2/h3-18H2,1-2H3,(H,31,32)(H,33,34)(H,35,36)(H,37,38). The van der Waals surface area contributed by atoms with Gasteiger partial charge in [0, 0.05) is 0 Å². The lowest BCUT2D eigenvalue weighted by Gasteiger charge is -2.19. The van der Waals surface area contributed by atoms with E-state index in [2.05, 4.69) is 6.92 Å². The summed E-state index contributed by atoms with van der Waals surface area (Å²) in [4.78, 5) is 74.9. The van der Waals surface area contributed by atoms with Gasteiger partial charge in [0.15, 0.2) is 0 Å². The Morgan fingerprint density at radius 1 is 0.405 bits per heavy atom. The fourth-order valence-electron chi connectivity index (χ4n) is 4.61. The van der Waals surface area contributed by atoms with Crippen LogP contribution in [0, 0.1) is 0 Å². The largest absolute Gasteiger partial charge is 0.478 e. The van der Waals surface area contributed by atoms with Crippen molar-refractivity contribution < 1.29 is 58.7 Å². The Labute approximate surface area is 245 Å². The summed E-state index contributed by atoms with van der Waals surface area (Å²) in [5, 5.41) is 39.2. The highest BCUT2D eigenvalue weighted by Gasteiger charge is 2.41. The Morgan fingerprint density at radius 3 is 0.905 bits per heavy atom. The number of rotatable bonds is 22. The van der Waals surface area contributed by atoms with E-state index in [0.717, 1.165) is 64.2 Å². The molecule has 0 saturated heterocycles. The van der Waals surface area contributed by atoms with Gasteiger partial charge in [-0.25, -0.2) is 28.8 Å². The zero-order valence-corrected chi connectivity index (χ0v) is 24.4. The van der Waals surface area contributed by atoms with Crippen molar-refractivity contribution in [1.29, 1.82) is 0 Å². The molecular formula is C30H42O12. The van der Waals surface area contributed by atoms with Crippen molar-refractivity contribution in [2.75, 3.05) is 13.2 Å². The normalized spacial score (nSPS) is 10.7. The summed E-state index contributed by atoms with van der Waals surface area (Å²) in [6, 6.07) is 0. The van der Waals surface area contributed by atoms with E-state index in [1.807, 2.05) is 6.92 Å². The molecule has 12 nitrogen and oxygen atoms in total. The minimum Gasteiger partial charge on any atom is -0.478 e. The topological polar surface area (TPSA) is 202 Å². The fourth-order valence-corrected chi connectivity index (χ4v) is 4.61. The molecule has 0 heterocycles. The number of carbonyl (C=O) groups excluding carboxylic acids is 2. The molecule has 0 bridgehead atoms. The molecule has 0 spiro atoms. The first-order chi connectivity index (χ1) is 20.0. The van der Waals surface area contributed by atoms with Crippen LogP contribution < -0.4 is 0 Å².